The lowest BCUT2D eigenvalue weighted by Gasteiger charge is -2.20. The van der Waals surface area contributed by atoms with E-state index in [1.807, 2.05) is 37.4 Å². The van der Waals surface area contributed by atoms with Crippen LogP contribution in [0.1, 0.15) is 5.56 Å². The quantitative estimate of drug-likeness (QED) is 0.741. The SMILES string of the molecule is COc1ccccc1CN(C)c1ccc(N)c2nonc12. The molecular weight excluding hydrogens is 268 g/mol. The fourth-order valence-electron chi connectivity index (χ4n) is 2.35. The lowest BCUT2D eigenvalue weighted by Crippen LogP contribution is -2.17. The van der Waals surface area contributed by atoms with E-state index in [1.165, 1.54) is 0 Å². The molecule has 6 heteroatoms. The Kier molecular flexibility index (Phi) is 3.35. The van der Waals surface area contributed by atoms with Crippen molar-refractivity contribution in [1.82, 2.24) is 10.3 Å². The maximum absolute atomic E-state index is 5.87. The average Bonchev–Trinajstić information content (AvgIpc) is 2.98. The number of nitrogens with zero attached hydrogens (tertiary/aromatic N) is 3. The molecule has 21 heavy (non-hydrogen) atoms. The second-order valence-corrected chi connectivity index (χ2v) is 4.80. The number of nitrogen functional groups attached to an aromatic ring is 1. The number of hydrogen-bond donors (Lipinski definition) is 1. The minimum Gasteiger partial charge on any atom is -0.496 e. The first-order valence-corrected chi connectivity index (χ1v) is 6.54. The van der Waals surface area contributed by atoms with Crippen LogP contribution in [-0.4, -0.2) is 24.5 Å². The molecule has 0 fully saturated rings. The van der Waals surface area contributed by atoms with Gasteiger partial charge >= 0.3 is 0 Å². The summed E-state index contributed by atoms with van der Waals surface area (Å²) in [7, 11) is 3.65. The number of anilines is 2. The second kappa shape index (κ2) is 5.32. The average molecular weight is 284 g/mol. The first-order chi connectivity index (χ1) is 10.2. The lowest BCUT2D eigenvalue weighted by molar-refractivity contribution is 0.315. The third-order valence-electron chi connectivity index (χ3n) is 3.44. The van der Waals surface area contributed by atoms with Crippen LogP contribution in [0.4, 0.5) is 11.4 Å². The summed E-state index contributed by atoms with van der Waals surface area (Å²) in [4.78, 5) is 2.06. The van der Waals surface area contributed by atoms with Gasteiger partial charge < -0.3 is 15.4 Å². The molecule has 2 N–H and O–H groups in total. The maximum Gasteiger partial charge on any atom is 0.160 e. The minimum absolute atomic E-state index is 0.556. The molecule has 2 aromatic carbocycles. The van der Waals surface area contributed by atoms with Gasteiger partial charge in [0, 0.05) is 19.2 Å². The smallest absolute Gasteiger partial charge is 0.160 e. The van der Waals surface area contributed by atoms with Crippen LogP contribution in [-0.2, 0) is 6.54 Å². The molecular formula is C15H16N4O2. The highest BCUT2D eigenvalue weighted by atomic mass is 16.6. The number of rotatable bonds is 4. The van der Waals surface area contributed by atoms with Crippen LogP contribution in [0.5, 0.6) is 5.75 Å². The van der Waals surface area contributed by atoms with Crippen molar-refractivity contribution in [3.05, 3.63) is 42.0 Å². The van der Waals surface area contributed by atoms with Crippen LogP contribution in [0, 0.1) is 0 Å². The predicted octanol–water partition coefficient (Wildman–Crippen LogP) is 2.45. The molecule has 1 heterocycles. The summed E-state index contributed by atoms with van der Waals surface area (Å²) in [5, 5.41) is 7.79. The number of aromatic nitrogens is 2. The monoisotopic (exact) mass is 284 g/mol. The molecule has 3 rings (SSSR count). The molecule has 0 radical (unpaired) electrons. The lowest BCUT2D eigenvalue weighted by atomic mass is 10.1. The standard InChI is InChI=1S/C15H16N4O2/c1-19(9-10-5-3-4-6-13(10)20-2)12-8-7-11(16)14-15(12)18-21-17-14/h3-8H,9,16H2,1-2H3. The summed E-state index contributed by atoms with van der Waals surface area (Å²) >= 11 is 0. The van der Waals surface area contributed by atoms with Crippen LogP contribution in [0.2, 0.25) is 0 Å². The van der Waals surface area contributed by atoms with E-state index in [0.29, 0.717) is 23.3 Å². The molecule has 1 aromatic heterocycles. The number of ether oxygens (including phenoxy) is 1. The van der Waals surface area contributed by atoms with Crippen molar-refractivity contribution in [2.24, 2.45) is 0 Å². The predicted molar refractivity (Wildman–Crippen MR) is 81.3 cm³/mol. The topological polar surface area (TPSA) is 77.4 Å². The molecule has 0 bridgehead atoms. The summed E-state index contributed by atoms with van der Waals surface area (Å²) in [6.45, 7) is 0.676. The molecule has 6 nitrogen and oxygen atoms in total. The highest BCUT2D eigenvalue weighted by Gasteiger charge is 2.14. The van der Waals surface area contributed by atoms with E-state index < -0.39 is 0 Å². The molecule has 0 aliphatic heterocycles. The van der Waals surface area contributed by atoms with Crippen molar-refractivity contribution in [2.45, 2.75) is 6.54 Å². The second-order valence-electron chi connectivity index (χ2n) is 4.80. The van der Waals surface area contributed by atoms with Crippen molar-refractivity contribution < 1.29 is 9.37 Å². The Morgan fingerprint density at radius 3 is 2.71 bits per heavy atom. The van der Waals surface area contributed by atoms with Gasteiger partial charge in [-0.2, -0.15) is 0 Å². The van der Waals surface area contributed by atoms with Gasteiger partial charge in [0.15, 0.2) is 11.0 Å². The zero-order valence-electron chi connectivity index (χ0n) is 11.9. The van der Waals surface area contributed by atoms with E-state index in [-0.39, 0.29) is 0 Å². The zero-order chi connectivity index (χ0) is 14.8. The number of methoxy groups -OCH3 is 1. The highest BCUT2D eigenvalue weighted by Crippen LogP contribution is 2.29. The molecule has 0 atom stereocenters. The van der Waals surface area contributed by atoms with Crippen LogP contribution in [0.15, 0.2) is 41.0 Å². The fraction of sp³-hybridized carbons (Fsp3) is 0.200. The van der Waals surface area contributed by atoms with Gasteiger partial charge in [0.25, 0.3) is 0 Å². The Morgan fingerprint density at radius 1 is 1.14 bits per heavy atom. The van der Waals surface area contributed by atoms with Crippen LogP contribution in [0.25, 0.3) is 11.0 Å². The van der Waals surface area contributed by atoms with E-state index in [0.717, 1.165) is 17.0 Å². The third-order valence-corrected chi connectivity index (χ3v) is 3.44. The third kappa shape index (κ3) is 2.35. The number of hydrogen-bond acceptors (Lipinski definition) is 6. The maximum atomic E-state index is 5.87. The normalized spacial score (nSPS) is 10.8. The van der Waals surface area contributed by atoms with Crippen molar-refractivity contribution in [3.63, 3.8) is 0 Å². The number of benzene rings is 2. The van der Waals surface area contributed by atoms with Crippen LogP contribution in [0.3, 0.4) is 0 Å². The molecule has 0 unspecified atom stereocenters. The summed E-state index contributed by atoms with van der Waals surface area (Å²) in [5.41, 5.74) is 9.66. The van der Waals surface area contributed by atoms with Gasteiger partial charge in [-0.05, 0) is 28.5 Å². The van der Waals surface area contributed by atoms with Gasteiger partial charge in [0.2, 0.25) is 0 Å². The first-order valence-electron chi connectivity index (χ1n) is 6.54. The molecule has 3 aromatic rings. The summed E-state index contributed by atoms with van der Waals surface area (Å²) in [5.74, 6) is 0.856. The molecule has 0 aliphatic rings. The number of nitrogens with two attached hydrogens (primary N) is 1. The number of para-hydroxylation sites is 1. The van der Waals surface area contributed by atoms with Gasteiger partial charge in [0.1, 0.15) is 5.75 Å². The summed E-state index contributed by atoms with van der Waals surface area (Å²) < 4.78 is 10.2. The van der Waals surface area contributed by atoms with Crippen LogP contribution < -0.4 is 15.4 Å². The molecule has 0 amide bonds. The molecule has 0 aliphatic carbocycles. The largest absolute Gasteiger partial charge is 0.496 e. The van der Waals surface area contributed by atoms with Crippen molar-refractivity contribution in [2.75, 3.05) is 24.8 Å². The Morgan fingerprint density at radius 2 is 1.90 bits per heavy atom. The van der Waals surface area contributed by atoms with E-state index in [4.69, 9.17) is 15.1 Å². The summed E-state index contributed by atoms with van der Waals surface area (Å²) in [6.07, 6.45) is 0. The Hall–Kier alpha value is -2.76. The molecule has 0 saturated carbocycles. The van der Waals surface area contributed by atoms with Gasteiger partial charge in [-0.1, -0.05) is 18.2 Å². The minimum atomic E-state index is 0.556. The summed E-state index contributed by atoms with van der Waals surface area (Å²) in [6, 6.07) is 11.6. The van der Waals surface area contributed by atoms with Crippen molar-refractivity contribution in [3.8, 4) is 5.75 Å². The van der Waals surface area contributed by atoms with Gasteiger partial charge in [-0.25, -0.2) is 4.63 Å². The zero-order valence-corrected chi connectivity index (χ0v) is 11.9. The van der Waals surface area contributed by atoms with Gasteiger partial charge in [0.05, 0.1) is 18.5 Å². The Bertz CT molecular complexity index is 769. The molecule has 108 valence electrons. The van der Waals surface area contributed by atoms with E-state index >= 15 is 0 Å². The van der Waals surface area contributed by atoms with Gasteiger partial charge in [-0.3, -0.25) is 0 Å². The highest BCUT2D eigenvalue weighted by molar-refractivity contribution is 5.95. The van der Waals surface area contributed by atoms with Crippen LogP contribution >= 0.6 is 0 Å². The van der Waals surface area contributed by atoms with Crippen molar-refractivity contribution in [1.29, 1.82) is 0 Å². The Balaban J connectivity index is 1.96. The van der Waals surface area contributed by atoms with E-state index in [1.54, 1.807) is 13.2 Å². The van der Waals surface area contributed by atoms with Crippen molar-refractivity contribution >= 4 is 22.4 Å². The first kappa shape index (κ1) is 13.2. The molecule has 0 spiro atoms. The van der Waals surface area contributed by atoms with E-state index in [2.05, 4.69) is 15.2 Å². The molecule has 0 saturated heterocycles. The van der Waals surface area contributed by atoms with Gasteiger partial charge in [-0.15, -0.1) is 0 Å². The fourth-order valence-corrected chi connectivity index (χ4v) is 2.35. The number of fused-ring (bicyclic) bond motifs is 1. The van der Waals surface area contributed by atoms with E-state index in [9.17, 15) is 0 Å². The Labute approximate surface area is 122 Å².